The molecule has 2 aliphatic heterocycles. The summed E-state index contributed by atoms with van der Waals surface area (Å²) >= 11 is 0. The van der Waals surface area contributed by atoms with Gasteiger partial charge in [0.2, 0.25) is 0 Å². The van der Waals surface area contributed by atoms with Crippen LogP contribution in [-0.2, 0) is 4.74 Å². The highest BCUT2D eigenvalue weighted by molar-refractivity contribution is 5.57. The number of benzene rings is 1. The Labute approximate surface area is 331 Å². The molecule has 3 heteroatoms. The number of anilines is 1. The lowest BCUT2D eigenvalue weighted by molar-refractivity contribution is 0.0164. The van der Waals surface area contributed by atoms with Gasteiger partial charge in [0, 0.05) is 41.1 Å². The molecular weight excluding hydrogens is 669 g/mol. The third-order valence-corrected chi connectivity index (χ3v) is 16.6. The predicted molar refractivity (Wildman–Crippen MR) is 226 cm³/mol. The van der Waals surface area contributed by atoms with E-state index in [2.05, 4.69) is 146 Å². The monoisotopic (exact) mass is 730 g/mol. The van der Waals surface area contributed by atoms with Crippen LogP contribution < -0.4 is 4.90 Å². The Morgan fingerprint density at radius 2 is 1.55 bits per heavy atom. The Kier molecular flexibility index (Phi) is 8.53. The van der Waals surface area contributed by atoms with Gasteiger partial charge >= 0.3 is 0 Å². The molecule has 0 N–H and O–H groups in total. The zero-order valence-corrected chi connectivity index (χ0v) is 33.4. The molecule has 0 aromatic heterocycles. The first kappa shape index (κ1) is 34.7. The van der Waals surface area contributed by atoms with Crippen LogP contribution in [-0.4, -0.2) is 41.3 Å². The minimum Gasteiger partial charge on any atom is -0.370 e. The van der Waals surface area contributed by atoms with Gasteiger partial charge in [-0.3, -0.25) is 0 Å². The van der Waals surface area contributed by atoms with E-state index in [4.69, 9.17) is 4.74 Å². The molecule has 286 valence electrons. The third kappa shape index (κ3) is 5.37. The molecule has 10 aliphatic rings. The summed E-state index contributed by atoms with van der Waals surface area (Å²) in [5, 5.41) is 0. The van der Waals surface area contributed by atoms with Crippen LogP contribution in [0.15, 0.2) is 132 Å². The summed E-state index contributed by atoms with van der Waals surface area (Å²) in [7, 11) is 0. The van der Waals surface area contributed by atoms with Crippen LogP contribution in [0.25, 0.3) is 0 Å². The predicted octanol–water partition coefficient (Wildman–Crippen LogP) is 11.6. The molecule has 4 fully saturated rings. The van der Waals surface area contributed by atoms with E-state index < -0.39 is 0 Å². The maximum absolute atomic E-state index is 6.94. The number of fused-ring (bicyclic) bond motifs is 9. The van der Waals surface area contributed by atoms with Crippen LogP contribution in [0, 0.1) is 46.8 Å². The van der Waals surface area contributed by atoms with Gasteiger partial charge in [-0.15, -0.1) is 0 Å². The zero-order chi connectivity index (χ0) is 36.8. The number of ether oxygens (including phenoxy) is 1. The van der Waals surface area contributed by atoms with Crippen molar-refractivity contribution in [3.8, 4) is 0 Å². The lowest BCUT2D eigenvalue weighted by Gasteiger charge is -2.54. The maximum Gasteiger partial charge on any atom is 0.0833 e. The summed E-state index contributed by atoms with van der Waals surface area (Å²) in [5.74, 6) is 4.35. The summed E-state index contributed by atoms with van der Waals surface area (Å²) in [6, 6.07) is 11.5. The maximum atomic E-state index is 6.94. The summed E-state index contributed by atoms with van der Waals surface area (Å²) in [6.45, 7) is 7.82. The van der Waals surface area contributed by atoms with Gasteiger partial charge in [-0.05, 0) is 116 Å². The summed E-state index contributed by atoms with van der Waals surface area (Å²) in [6.07, 6.45) is 50.1. The van der Waals surface area contributed by atoms with Crippen molar-refractivity contribution in [1.82, 2.24) is 4.90 Å². The Bertz CT molecular complexity index is 1950. The molecule has 55 heavy (non-hydrogen) atoms. The van der Waals surface area contributed by atoms with E-state index in [-0.39, 0.29) is 11.5 Å². The quantitative estimate of drug-likeness (QED) is 0.281. The Hall–Kier alpha value is -3.56. The van der Waals surface area contributed by atoms with Crippen molar-refractivity contribution in [3.63, 3.8) is 0 Å². The summed E-state index contributed by atoms with van der Waals surface area (Å²) in [4.78, 5) is 5.92. The molecule has 1 aromatic carbocycles. The number of allylic oxidation sites excluding steroid dienone is 10. The zero-order valence-electron chi connectivity index (χ0n) is 33.4. The van der Waals surface area contributed by atoms with Crippen molar-refractivity contribution < 1.29 is 4.74 Å². The highest BCUT2D eigenvalue weighted by atomic mass is 16.5. The van der Waals surface area contributed by atoms with E-state index in [1.165, 1.54) is 62.6 Å². The molecule has 1 aromatic rings. The van der Waals surface area contributed by atoms with E-state index in [1.807, 2.05) is 0 Å². The molecule has 0 spiro atoms. The van der Waals surface area contributed by atoms with Crippen LogP contribution >= 0.6 is 0 Å². The number of hydrogen-bond acceptors (Lipinski definition) is 3. The van der Waals surface area contributed by atoms with Crippen molar-refractivity contribution in [2.75, 3.05) is 4.90 Å². The average molecular weight is 731 g/mol. The Balaban J connectivity index is 0.999. The molecule has 2 saturated carbocycles. The molecule has 2 heterocycles. The first-order valence-electron chi connectivity index (χ1n) is 22.5. The molecule has 0 amide bonds. The van der Waals surface area contributed by atoms with Gasteiger partial charge in [-0.1, -0.05) is 130 Å². The smallest absolute Gasteiger partial charge is 0.0833 e. The van der Waals surface area contributed by atoms with Gasteiger partial charge in [0.1, 0.15) is 0 Å². The molecule has 14 atom stereocenters. The van der Waals surface area contributed by atoms with Gasteiger partial charge in [-0.25, -0.2) is 0 Å². The average Bonchev–Trinajstić information content (AvgIpc) is 3.86. The van der Waals surface area contributed by atoms with E-state index in [0.29, 0.717) is 77.6 Å². The standard InChI is InChI=1S/C52H62N2O/c1-33-42(31-32-46-49(33)38-18-8-11-22-43(38)53(46)36-29-27-35(28-30-36)34-15-5-4-6-16-34)54(45-24-14-26-48-51(45)39-19-9-12-25-47(39)55-48)44-23-13-21-41-50(44)37-17-7-10-20-40(37)52(41,2)3/h4-5,8-9,11-12,17-20,22,24-25,27-34,38-39,41-44,46-51H,6-7,10,13-16,21,23,26H2,1-3H3. The normalized spacial score (nSPS) is 42.7. The van der Waals surface area contributed by atoms with E-state index in [9.17, 15) is 0 Å². The molecule has 0 bridgehead atoms. The fourth-order valence-corrected chi connectivity index (χ4v) is 14.3. The van der Waals surface area contributed by atoms with Crippen molar-refractivity contribution in [2.45, 2.75) is 127 Å². The molecule has 0 radical (unpaired) electrons. The lowest BCUT2D eigenvalue weighted by atomic mass is 9.66. The van der Waals surface area contributed by atoms with Crippen molar-refractivity contribution in [1.29, 1.82) is 0 Å². The molecule has 14 unspecified atom stereocenters. The Morgan fingerprint density at radius 1 is 0.727 bits per heavy atom. The van der Waals surface area contributed by atoms with Crippen LogP contribution in [0.5, 0.6) is 0 Å². The fourth-order valence-electron chi connectivity index (χ4n) is 14.3. The largest absolute Gasteiger partial charge is 0.370 e. The SMILES string of the molecule is CC1C2C3C=CC=CC3N(c3ccc(C4CC=CCC4)cc3)C2C=CC1N(C1=CCCC2OC3C=CC=CC3C12)C1CCCC2C1C1=CCCC=C1C2(C)C. The van der Waals surface area contributed by atoms with E-state index >= 15 is 0 Å². The van der Waals surface area contributed by atoms with Crippen molar-refractivity contribution in [2.24, 2.45) is 46.8 Å². The van der Waals surface area contributed by atoms with Crippen LogP contribution in [0.2, 0.25) is 0 Å². The first-order chi connectivity index (χ1) is 27.0. The second-order valence-electron chi connectivity index (χ2n) is 19.5. The number of rotatable bonds is 5. The molecule has 3 nitrogen and oxygen atoms in total. The van der Waals surface area contributed by atoms with Gasteiger partial charge in [0.25, 0.3) is 0 Å². The van der Waals surface area contributed by atoms with Gasteiger partial charge in [0.15, 0.2) is 0 Å². The van der Waals surface area contributed by atoms with E-state index in [1.54, 1.807) is 16.8 Å². The third-order valence-electron chi connectivity index (χ3n) is 16.6. The van der Waals surface area contributed by atoms with E-state index in [0.717, 1.165) is 12.8 Å². The van der Waals surface area contributed by atoms with Crippen molar-refractivity contribution >= 4 is 5.69 Å². The van der Waals surface area contributed by atoms with Gasteiger partial charge in [0.05, 0.1) is 30.3 Å². The lowest BCUT2D eigenvalue weighted by Crippen LogP contribution is -2.56. The fraction of sp³-hybridized carbons (Fsp3) is 0.538. The number of nitrogens with zero attached hydrogens (tertiary/aromatic N) is 2. The topological polar surface area (TPSA) is 15.7 Å². The van der Waals surface area contributed by atoms with Crippen LogP contribution in [0.4, 0.5) is 5.69 Å². The molecular formula is C52H62N2O. The van der Waals surface area contributed by atoms with Gasteiger partial charge < -0.3 is 14.5 Å². The molecule has 11 rings (SSSR count). The van der Waals surface area contributed by atoms with Gasteiger partial charge in [-0.2, -0.15) is 0 Å². The summed E-state index contributed by atoms with van der Waals surface area (Å²) < 4.78 is 6.94. The van der Waals surface area contributed by atoms with Crippen molar-refractivity contribution in [3.05, 3.63) is 138 Å². The highest BCUT2D eigenvalue weighted by Gasteiger charge is 2.59. The minimum absolute atomic E-state index is 0.205. The van der Waals surface area contributed by atoms with Crippen LogP contribution in [0.1, 0.15) is 96.5 Å². The molecule has 2 saturated heterocycles. The second kappa shape index (κ2) is 13.5. The van der Waals surface area contributed by atoms with Crippen LogP contribution in [0.3, 0.4) is 0 Å². The Morgan fingerprint density at radius 3 is 2.40 bits per heavy atom. The number of hydrogen-bond donors (Lipinski definition) is 0. The minimum atomic E-state index is 0.205. The summed E-state index contributed by atoms with van der Waals surface area (Å²) in [5.41, 5.74) is 8.17. The second-order valence-corrected chi connectivity index (χ2v) is 19.5. The molecule has 8 aliphatic carbocycles. The highest BCUT2D eigenvalue weighted by Crippen LogP contribution is 2.62. The first-order valence-corrected chi connectivity index (χ1v) is 22.5.